The highest BCUT2D eigenvalue weighted by Crippen LogP contribution is 2.29. The number of rotatable bonds is 12. The first-order valence-electron chi connectivity index (χ1n) is 9.96. The number of amides is 3. The number of epoxide rings is 2. The smallest absolute Gasteiger partial charge is 0.327 e. The van der Waals surface area contributed by atoms with Gasteiger partial charge in [0.25, 0.3) is 5.91 Å². The fourth-order valence-corrected chi connectivity index (χ4v) is 3.21. The lowest BCUT2D eigenvalue weighted by molar-refractivity contribution is -0.133. The summed E-state index contributed by atoms with van der Waals surface area (Å²) in [5, 5.41) is 0. The van der Waals surface area contributed by atoms with Crippen LogP contribution in [-0.4, -0.2) is 91.2 Å². The van der Waals surface area contributed by atoms with Gasteiger partial charge in [0.2, 0.25) is 0 Å². The average molecular weight is 384 g/mol. The molecule has 0 saturated carbocycles. The third-order valence-electron chi connectivity index (χ3n) is 5.43. The molecule has 0 radical (unpaired) electrons. The Morgan fingerprint density at radius 1 is 1.00 bits per heavy atom. The van der Waals surface area contributed by atoms with Crippen molar-refractivity contribution in [3.63, 3.8) is 0 Å². The van der Waals surface area contributed by atoms with Crippen LogP contribution in [0.4, 0.5) is 4.79 Å². The normalized spacial score (nSPS) is 28.6. The summed E-state index contributed by atoms with van der Waals surface area (Å²) in [6.45, 7) is 10.8. The van der Waals surface area contributed by atoms with E-state index < -0.39 is 5.54 Å². The largest absolute Gasteiger partial charge is 0.374 e. The molecular weight excluding hydrogens is 352 g/mol. The number of ether oxygens (including phenoxy) is 4. The molecule has 0 aromatic rings. The number of hydrogen-bond acceptors (Lipinski definition) is 6. The molecule has 0 bridgehead atoms. The van der Waals surface area contributed by atoms with E-state index in [0.717, 1.165) is 26.1 Å². The van der Waals surface area contributed by atoms with Crippen molar-refractivity contribution in [2.75, 3.05) is 39.5 Å². The van der Waals surface area contributed by atoms with E-state index in [2.05, 4.69) is 0 Å². The monoisotopic (exact) mass is 384 g/mol. The number of carbonyl (C=O) groups is 2. The second-order valence-electron chi connectivity index (χ2n) is 8.01. The molecule has 3 rings (SSSR count). The summed E-state index contributed by atoms with van der Waals surface area (Å²) >= 11 is 0. The third kappa shape index (κ3) is 4.99. The van der Waals surface area contributed by atoms with Gasteiger partial charge in [0, 0.05) is 6.54 Å². The summed E-state index contributed by atoms with van der Waals surface area (Å²) < 4.78 is 22.0. The van der Waals surface area contributed by atoms with Crippen molar-refractivity contribution in [2.45, 2.75) is 70.5 Å². The second kappa shape index (κ2) is 8.43. The highest BCUT2D eigenvalue weighted by molar-refractivity contribution is 6.06. The molecule has 0 aromatic heterocycles. The Balaban J connectivity index is 1.60. The summed E-state index contributed by atoms with van der Waals surface area (Å²) in [7, 11) is 0. The van der Waals surface area contributed by atoms with Crippen LogP contribution in [0.25, 0.3) is 0 Å². The molecule has 154 valence electrons. The lowest BCUT2D eigenvalue weighted by atomic mass is 10.0. The Morgan fingerprint density at radius 3 is 1.93 bits per heavy atom. The molecule has 0 aliphatic carbocycles. The first-order valence-corrected chi connectivity index (χ1v) is 9.96. The van der Waals surface area contributed by atoms with Gasteiger partial charge in [0.15, 0.2) is 0 Å². The molecule has 3 saturated heterocycles. The second-order valence-corrected chi connectivity index (χ2v) is 8.01. The van der Waals surface area contributed by atoms with Crippen molar-refractivity contribution in [1.29, 1.82) is 0 Å². The Morgan fingerprint density at radius 2 is 1.48 bits per heavy atom. The summed E-state index contributed by atoms with van der Waals surface area (Å²) in [6, 6.07) is -0.264. The van der Waals surface area contributed by atoms with E-state index >= 15 is 0 Å². The molecule has 0 spiro atoms. The van der Waals surface area contributed by atoms with Crippen molar-refractivity contribution in [3.8, 4) is 0 Å². The first kappa shape index (κ1) is 20.5. The molecule has 0 N–H and O–H groups in total. The standard InChI is InChI=1S/C19H32N2O6/c1-5-13(24-9-15-11-26-15)7-20-17(22)19(3,4)21(18(20)23)8-14(6-2)25-10-16-12-27-16/h13-16H,5-12H2,1-4H3. The van der Waals surface area contributed by atoms with Crippen molar-refractivity contribution in [1.82, 2.24) is 9.80 Å². The van der Waals surface area contributed by atoms with E-state index in [4.69, 9.17) is 18.9 Å². The van der Waals surface area contributed by atoms with E-state index in [1.54, 1.807) is 18.7 Å². The van der Waals surface area contributed by atoms with Crippen molar-refractivity contribution in [3.05, 3.63) is 0 Å². The van der Waals surface area contributed by atoms with Crippen LogP contribution in [0.5, 0.6) is 0 Å². The fraction of sp³-hybridized carbons (Fsp3) is 0.895. The van der Waals surface area contributed by atoms with E-state index in [1.807, 2.05) is 13.8 Å². The molecule has 8 nitrogen and oxygen atoms in total. The zero-order chi connectivity index (χ0) is 19.6. The van der Waals surface area contributed by atoms with Crippen LogP contribution < -0.4 is 0 Å². The third-order valence-corrected chi connectivity index (χ3v) is 5.43. The summed E-state index contributed by atoms with van der Waals surface area (Å²) in [5.74, 6) is -0.183. The number of nitrogens with zero attached hydrogens (tertiary/aromatic N) is 2. The lowest BCUT2D eigenvalue weighted by Gasteiger charge is -2.31. The van der Waals surface area contributed by atoms with Crippen LogP contribution in [0.1, 0.15) is 40.5 Å². The Hall–Kier alpha value is -1.22. The predicted octanol–water partition coefficient (Wildman–Crippen LogP) is 1.42. The zero-order valence-electron chi connectivity index (χ0n) is 16.8. The number of urea groups is 1. The molecule has 3 aliphatic rings. The maximum atomic E-state index is 13.0. The van der Waals surface area contributed by atoms with Gasteiger partial charge < -0.3 is 23.8 Å². The minimum atomic E-state index is -0.887. The summed E-state index contributed by atoms with van der Waals surface area (Å²) in [5.41, 5.74) is -0.887. The fourth-order valence-electron chi connectivity index (χ4n) is 3.21. The SMILES string of the molecule is CCC(CN1C(=O)N(CC(CC)OCC2CO2)C(C)(C)C1=O)OCC1CO1. The highest BCUT2D eigenvalue weighted by Gasteiger charge is 2.52. The summed E-state index contributed by atoms with van der Waals surface area (Å²) in [6.07, 6.45) is 1.54. The molecule has 8 heteroatoms. The van der Waals surface area contributed by atoms with Gasteiger partial charge in [-0.05, 0) is 26.7 Å². The average Bonchev–Trinajstić information content (AvgIpc) is 3.54. The van der Waals surface area contributed by atoms with Gasteiger partial charge in [-0.3, -0.25) is 9.69 Å². The van der Waals surface area contributed by atoms with Crippen molar-refractivity contribution in [2.24, 2.45) is 0 Å². The first-order chi connectivity index (χ1) is 12.9. The highest BCUT2D eigenvalue weighted by atomic mass is 16.6. The Bertz CT molecular complexity index is 546. The van der Waals surface area contributed by atoms with Crippen LogP contribution in [-0.2, 0) is 23.7 Å². The van der Waals surface area contributed by atoms with Crippen LogP contribution in [0.2, 0.25) is 0 Å². The van der Waals surface area contributed by atoms with Crippen LogP contribution in [0.3, 0.4) is 0 Å². The van der Waals surface area contributed by atoms with Gasteiger partial charge in [-0.1, -0.05) is 13.8 Å². The minimum absolute atomic E-state index is 0.115. The van der Waals surface area contributed by atoms with Crippen LogP contribution >= 0.6 is 0 Å². The summed E-state index contributed by atoms with van der Waals surface area (Å²) in [4.78, 5) is 28.9. The quantitative estimate of drug-likeness (QED) is 0.374. The van der Waals surface area contributed by atoms with Crippen molar-refractivity contribution >= 4 is 11.9 Å². The number of hydrogen-bond donors (Lipinski definition) is 0. The van der Waals surface area contributed by atoms with E-state index in [1.165, 1.54) is 4.90 Å². The molecule has 3 amide bonds. The molecule has 3 heterocycles. The molecule has 27 heavy (non-hydrogen) atoms. The lowest BCUT2D eigenvalue weighted by Crippen LogP contribution is -2.48. The minimum Gasteiger partial charge on any atom is -0.374 e. The predicted molar refractivity (Wildman–Crippen MR) is 97.4 cm³/mol. The van der Waals surface area contributed by atoms with E-state index in [0.29, 0.717) is 19.8 Å². The number of imide groups is 1. The molecule has 0 aromatic carbocycles. The van der Waals surface area contributed by atoms with Gasteiger partial charge in [-0.2, -0.15) is 0 Å². The number of carbonyl (C=O) groups excluding carboxylic acids is 2. The van der Waals surface area contributed by atoms with Gasteiger partial charge in [0.05, 0.1) is 45.2 Å². The Labute approximate surface area is 161 Å². The van der Waals surface area contributed by atoms with Crippen LogP contribution in [0, 0.1) is 0 Å². The van der Waals surface area contributed by atoms with Gasteiger partial charge in [-0.25, -0.2) is 4.79 Å². The topological polar surface area (TPSA) is 84.1 Å². The Kier molecular flexibility index (Phi) is 6.40. The molecular formula is C19H32N2O6. The maximum Gasteiger partial charge on any atom is 0.327 e. The van der Waals surface area contributed by atoms with E-state index in [-0.39, 0.29) is 42.9 Å². The van der Waals surface area contributed by atoms with Crippen LogP contribution in [0.15, 0.2) is 0 Å². The molecule has 3 aliphatic heterocycles. The molecule has 3 fully saturated rings. The zero-order valence-corrected chi connectivity index (χ0v) is 16.8. The van der Waals surface area contributed by atoms with Crippen molar-refractivity contribution < 1.29 is 28.5 Å². The van der Waals surface area contributed by atoms with Gasteiger partial charge in [0.1, 0.15) is 17.7 Å². The van der Waals surface area contributed by atoms with Gasteiger partial charge in [-0.15, -0.1) is 0 Å². The molecule has 4 unspecified atom stereocenters. The maximum absolute atomic E-state index is 13.0. The van der Waals surface area contributed by atoms with Gasteiger partial charge >= 0.3 is 6.03 Å². The van der Waals surface area contributed by atoms with E-state index in [9.17, 15) is 9.59 Å². The molecule has 4 atom stereocenters.